The molecule has 17 heavy (non-hydrogen) atoms. The van der Waals surface area contributed by atoms with E-state index < -0.39 is 20.0 Å². The number of hydrogen-bond acceptors (Lipinski definition) is 2. The minimum atomic E-state index is -3.31. The number of hydrogen-bond donors (Lipinski definition) is 0. The Labute approximate surface area is 117 Å². The van der Waals surface area contributed by atoms with Gasteiger partial charge in [0, 0.05) is 16.3 Å². The minimum Gasteiger partial charge on any atom is -0.229 e. The monoisotopic (exact) mass is 314 g/mol. The molecule has 0 radical (unpaired) electrons. The number of sulfone groups is 1. The van der Waals surface area contributed by atoms with E-state index in [1.54, 1.807) is 32.0 Å². The van der Waals surface area contributed by atoms with E-state index in [1.165, 1.54) is 0 Å². The molecule has 96 valence electrons. The number of halogens is 3. The maximum Gasteiger partial charge on any atom is 0.154 e. The molecule has 0 amide bonds. The molecule has 0 aliphatic rings. The topological polar surface area (TPSA) is 34.1 Å². The molecule has 0 fully saturated rings. The Kier molecular flexibility index (Phi) is 4.41. The molecule has 1 aromatic carbocycles. The Morgan fingerprint density at radius 2 is 1.76 bits per heavy atom. The normalized spacial score (nSPS) is 14.7. The highest BCUT2D eigenvalue weighted by molar-refractivity contribution is 7.92. The molecule has 1 rings (SSSR count). The average molecular weight is 316 g/mol. The molecule has 1 atom stereocenters. The average Bonchev–Trinajstić information content (AvgIpc) is 2.19. The van der Waals surface area contributed by atoms with Gasteiger partial charge < -0.3 is 0 Å². The van der Waals surface area contributed by atoms with Gasteiger partial charge in [0.2, 0.25) is 0 Å². The third kappa shape index (κ3) is 3.08. The highest BCUT2D eigenvalue weighted by Gasteiger charge is 2.39. The summed E-state index contributed by atoms with van der Waals surface area (Å²) in [5, 5.41) is 0.120. The van der Waals surface area contributed by atoms with Crippen LogP contribution in [-0.2, 0) is 9.84 Å². The van der Waals surface area contributed by atoms with Crippen molar-refractivity contribution in [3.05, 3.63) is 33.8 Å². The molecule has 6 heteroatoms. The van der Waals surface area contributed by atoms with Crippen molar-refractivity contribution >= 4 is 44.6 Å². The van der Waals surface area contributed by atoms with Crippen LogP contribution in [0.4, 0.5) is 0 Å². The van der Waals surface area contributed by atoms with Crippen LogP contribution in [0.15, 0.2) is 18.2 Å². The summed E-state index contributed by atoms with van der Waals surface area (Å²) in [5.74, 6) is 0. The molecule has 2 nitrogen and oxygen atoms in total. The zero-order valence-corrected chi connectivity index (χ0v) is 12.8. The van der Waals surface area contributed by atoms with E-state index in [0.29, 0.717) is 15.6 Å². The van der Waals surface area contributed by atoms with Crippen LogP contribution in [0.1, 0.15) is 24.8 Å². The predicted octanol–water partition coefficient (Wildman–Crippen LogP) is 4.10. The van der Waals surface area contributed by atoms with E-state index in [2.05, 4.69) is 0 Å². The van der Waals surface area contributed by atoms with Gasteiger partial charge in [-0.25, -0.2) is 8.42 Å². The van der Waals surface area contributed by atoms with Crippen LogP contribution in [0, 0.1) is 0 Å². The molecule has 0 saturated carbocycles. The summed E-state index contributed by atoms with van der Waals surface area (Å²) < 4.78 is 22.3. The van der Waals surface area contributed by atoms with Crippen molar-refractivity contribution in [3.63, 3.8) is 0 Å². The number of alkyl halides is 1. The summed E-state index contributed by atoms with van der Waals surface area (Å²) in [5.41, 5.74) is 0.524. The first-order valence-electron chi connectivity index (χ1n) is 4.86. The van der Waals surface area contributed by atoms with Gasteiger partial charge in [-0.05, 0) is 37.6 Å². The lowest BCUT2D eigenvalue weighted by Gasteiger charge is -2.29. The van der Waals surface area contributed by atoms with Crippen molar-refractivity contribution in [2.45, 2.75) is 24.0 Å². The van der Waals surface area contributed by atoms with Crippen LogP contribution in [0.5, 0.6) is 0 Å². The fraction of sp³-hybridized carbons (Fsp3) is 0.455. The van der Waals surface area contributed by atoms with Crippen molar-refractivity contribution in [1.82, 2.24) is 0 Å². The standard InChI is InChI=1S/C11H13Cl3O2S/c1-11(2,17(3,15)16)10(14)8-6-7(12)4-5-9(8)13/h4-6,10H,1-3H3. The molecule has 0 saturated heterocycles. The van der Waals surface area contributed by atoms with Crippen LogP contribution in [0.2, 0.25) is 10.0 Å². The van der Waals surface area contributed by atoms with E-state index in [1.807, 2.05) is 0 Å². The third-order valence-corrected chi connectivity index (χ3v) is 6.43. The molecule has 0 aliphatic heterocycles. The van der Waals surface area contributed by atoms with E-state index in [0.717, 1.165) is 6.26 Å². The van der Waals surface area contributed by atoms with Crippen molar-refractivity contribution in [3.8, 4) is 0 Å². The van der Waals surface area contributed by atoms with Gasteiger partial charge in [0.1, 0.15) is 0 Å². The Balaban J connectivity index is 3.30. The van der Waals surface area contributed by atoms with Gasteiger partial charge in [-0.15, -0.1) is 11.6 Å². The van der Waals surface area contributed by atoms with Gasteiger partial charge in [0.25, 0.3) is 0 Å². The molecule has 0 N–H and O–H groups in total. The molecular weight excluding hydrogens is 303 g/mol. The van der Waals surface area contributed by atoms with Crippen molar-refractivity contribution in [2.24, 2.45) is 0 Å². The second kappa shape index (κ2) is 4.96. The summed E-state index contributed by atoms with van der Waals surface area (Å²) >= 11 is 18.1. The summed E-state index contributed by atoms with van der Waals surface area (Å²) in [6.07, 6.45) is 1.15. The smallest absolute Gasteiger partial charge is 0.154 e. The maximum atomic E-state index is 11.7. The van der Waals surface area contributed by atoms with Crippen molar-refractivity contribution in [2.75, 3.05) is 6.26 Å². The third-order valence-electron chi connectivity index (χ3n) is 2.80. The fourth-order valence-corrected chi connectivity index (χ4v) is 2.90. The predicted molar refractivity (Wildman–Crippen MR) is 74.0 cm³/mol. The first-order valence-corrected chi connectivity index (χ1v) is 7.94. The lowest BCUT2D eigenvalue weighted by Crippen LogP contribution is -2.35. The lowest BCUT2D eigenvalue weighted by molar-refractivity contribution is 0.544. The van der Waals surface area contributed by atoms with Gasteiger partial charge in [-0.1, -0.05) is 23.2 Å². The first-order chi connectivity index (χ1) is 7.57. The number of benzene rings is 1. The Morgan fingerprint density at radius 1 is 1.24 bits per heavy atom. The van der Waals surface area contributed by atoms with Crippen LogP contribution in [-0.4, -0.2) is 19.4 Å². The van der Waals surface area contributed by atoms with Gasteiger partial charge in [0.15, 0.2) is 9.84 Å². The Bertz CT molecular complexity index is 524. The van der Waals surface area contributed by atoms with E-state index in [9.17, 15) is 8.42 Å². The zero-order valence-electron chi connectivity index (χ0n) is 9.67. The van der Waals surface area contributed by atoms with Gasteiger partial charge in [0.05, 0.1) is 10.1 Å². The zero-order chi connectivity index (χ0) is 13.4. The number of rotatable bonds is 3. The molecule has 1 aromatic rings. The maximum absolute atomic E-state index is 11.7. The Morgan fingerprint density at radius 3 is 2.24 bits per heavy atom. The van der Waals surface area contributed by atoms with E-state index in [4.69, 9.17) is 34.8 Å². The van der Waals surface area contributed by atoms with Crippen molar-refractivity contribution < 1.29 is 8.42 Å². The highest BCUT2D eigenvalue weighted by Crippen LogP contribution is 2.41. The molecule has 1 unspecified atom stereocenters. The summed E-state index contributed by atoms with van der Waals surface area (Å²) in [7, 11) is -3.31. The van der Waals surface area contributed by atoms with Crippen LogP contribution < -0.4 is 0 Å². The molecular formula is C11H13Cl3O2S. The summed E-state index contributed by atoms with van der Waals surface area (Å²) in [6, 6.07) is 4.83. The van der Waals surface area contributed by atoms with Gasteiger partial charge in [-0.3, -0.25) is 0 Å². The second-order valence-corrected chi connectivity index (χ2v) is 8.28. The van der Waals surface area contributed by atoms with Gasteiger partial charge in [-0.2, -0.15) is 0 Å². The molecule has 0 aliphatic carbocycles. The van der Waals surface area contributed by atoms with Crippen LogP contribution in [0.25, 0.3) is 0 Å². The summed E-state index contributed by atoms with van der Waals surface area (Å²) in [6.45, 7) is 3.13. The molecule has 0 spiro atoms. The van der Waals surface area contributed by atoms with Crippen molar-refractivity contribution in [1.29, 1.82) is 0 Å². The SMILES string of the molecule is CC(C)(C(Cl)c1cc(Cl)ccc1Cl)S(C)(=O)=O. The fourth-order valence-electron chi connectivity index (χ4n) is 1.27. The first kappa shape index (κ1) is 15.1. The Hall–Kier alpha value is 0.0400. The molecule has 0 bridgehead atoms. The highest BCUT2D eigenvalue weighted by atomic mass is 35.5. The lowest BCUT2D eigenvalue weighted by atomic mass is 10.0. The van der Waals surface area contributed by atoms with Gasteiger partial charge >= 0.3 is 0 Å². The van der Waals surface area contributed by atoms with Crippen LogP contribution in [0.3, 0.4) is 0 Å². The summed E-state index contributed by atoms with van der Waals surface area (Å²) in [4.78, 5) is 0. The molecule has 0 heterocycles. The second-order valence-electron chi connectivity index (χ2n) is 4.40. The minimum absolute atomic E-state index is 0.408. The largest absolute Gasteiger partial charge is 0.229 e. The van der Waals surface area contributed by atoms with Crippen LogP contribution >= 0.6 is 34.8 Å². The van der Waals surface area contributed by atoms with E-state index >= 15 is 0 Å². The molecule has 0 aromatic heterocycles. The van der Waals surface area contributed by atoms with E-state index in [-0.39, 0.29) is 0 Å². The quantitative estimate of drug-likeness (QED) is 0.787.